The summed E-state index contributed by atoms with van der Waals surface area (Å²) in [7, 11) is 0. The molecule has 0 N–H and O–H groups in total. The Morgan fingerprint density at radius 3 is 1.89 bits per heavy atom. The molecule has 5 heterocycles. The van der Waals surface area contributed by atoms with Gasteiger partial charge in [-0.05, 0) is 75.5 Å². The standard InChI is InChI=1S/C50H29N5O/c1-3-13-30(14-4-1)37-26-42-43(53-49(41-20-11-12-24-51-41)47(52-42)31-15-5-2-6-16-31)27-38(37)32-22-23-36-39(25-32)33-17-7-8-19-35(33)48-50(36)55-29-45-40(28-46(55)54-48)34-18-9-10-21-44(34)56-45/h1-29H. The van der Waals surface area contributed by atoms with E-state index in [1.807, 2.05) is 48.5 Å². The minimum atomic E-state index is 0.751. The summed E-state index contributed by atoms with van der Waals surface area (Å²) in [6, 6.07) is 56.8. The Morgan fingerprint density at radius 2 is 1.11 bits per heavy atom. The van der Waals surface area contributed by atoms with Crippen molar-refractivity contribution >= 4 is 71.2 Å². The number of pyridine rings is 2. The van der Waals surface area contributed by atoms with Crippen molar-refractivity contribution < 1.29 is 4.42 Å². The predicted octanol–water partition coefficient (Wildman–Crippen LogP) is 12.7. The van der Waals surface area contributed by atoms with Gasteiger partial charge >= 0.3 is 0 Å². The van der Waals surface area contributed by atoms with Gasteiger partial charge in [-0.15, -0.1) is 0 Å². The number of fused-ring (bicyclic) bond motifs is 12. The fraction of sp³-hybridized carbons (Fsp3) is 0. The summed E-state index contributed by atoms with van der Waals surface area (Å²) in [4.78, 5) is 20.6. The molecule has 0 unspecified atom stereocenters. The van der Waals surface area contributed by atoms with E-state index in [0.29, 0.717) is 0 Å². The number of para-hydroxylation sites is 1. The zero-order valence-corrected chi connectivity index (χ0v) is 29.9. The molecule has 0 saturated heterocycles. The molecule has 0 aliphatic carbocycles. The molecule has 260 valence electrons. The Labute approximate surface area is 320 Å². The average Bonchev–Trinajstić information content (AvgIpc) is 3.83. The highest BCUT2D eigenvalue weighted by Crippen LogP contribution is 2.42. The minimum absolute atomic E-state index is 0.751. The number of rotatable bonds is 4. The molecule has 7 aromatic carbocycles. The molecule has 12 rings (SSSR count). The first-order chi connectivity index (χ1) is 27.7. The van der Waals surface area contributed by atoms with Crippen molar-refractivity contribution in [2.45, 2.75) is 0 Å². The second kappa shape index (κ2) is 11.9. The second-order valence-electron chi connectivity index (χ2n) is 14.2. The Bertz CT molecular complexity index is 3520. The third kappa shape index (κ3) is 4.63. The zero-order chi connectivity index (χ0) is 36.7. The SMILES string of the molecule is c1ccc(-c2cc3nc(-c4ccccc4)c(-c4ccccn4)nc3cc2-c2ccc3c(c2)c2ccccc2c2nc4cc5c(cn4c32)oc2ccccc25)cc1. The zero-order valence-electron chi connectivity index (χ0n) is 29.9. The van der Waals surface area contributed by atoms with Gasteiger partial charge in [-0.25, -0.2) is 15.0 Å². The maximum Gasteiger partial charge on any atom is 0.152 e. The molecule has 0 atom stereocenters. The maximum absolute atomic E-state index is 6.35. The van der Waals surface area contributed by atoms with Crippen molar-refractivity contribution in [3.8, 4) is 44.9 Å². The van der Waals surface area contributed by atoms with Crippen molar-refractivity contribution in [3.05, 3.63) is 176 Å². The number of aromatic nitrogens is 5. The van der Waals surface area contributed by atoms with E-state index in [1.54, 1.807) is 6.20 Å². The smallest absolute Gasteiger partial charge is 0.152 e. The first-order valence-corrected chi connectivity index (χ1v) is 18.7. The van der Waals surface area contributed by atoms with Gasteiger partial charge in [0.15, 0.2) is 5.58 Å². The summed E-state index contributed by atoms with van der Waals surface area (Å²) in [5, 5.41) is 6.69. The highest BCUT2D eigenvalue weighted by Gasteiger charge is 2.20. The monoisotopic (exact) mass is 715 g/mol. The van der Waals surface area contributed by atoms with Crippen LogP contribution in [-0.4, -0.2) is 24.3 Å². The van der Waals surface area contributed by atoms with Gasteiger partial charge in [-0.1, -0.05) is 121 Å². The maximum atomic E-state index is 6.35. The first-order valence-electron chi connectivity index (χ1n) is 18.7. The number of nitrogens with zero attached hydrogens (tertiary/aromatic N) is 5. The quantitative estimate of drug-likeness (QED) is 0.170. The van der Waals surface area contributed by atoms with Crippen LogP contribution >= 0.6 is 0 Å². The summed E-state index contributed by atoms with van der Waals surface area (Å²) >= 11 is 0. The molecule has 0 saturated carbocycles. The first kappa shape index (κ1) is 30.7. The summed E-state index contributed by atoms with van der Waals surface area (Å²) in [6.07, 6.45) is 3.90. The van der Waals surface area contributed by atoms with Gasteiger partial charge in [0, 0.05) is 33.3 Å². The van der Waals surface area contributed by atoms with E-state index in [9.17, 15) is 0 Å². The molecule has 6 heteroatoms. The molecule has 6 nitrogen and oxygen atoms in total. The minimum Gasteiger partial charge on any atom is -0.455 e. The number of hydrogen-bond acceptors (Lipinski definition) is 5. The lowest BCUT2D eigenvalue weighted by Crippen LogP contribution is -1.98. The van der Waals surface area contributed by atoms with E-state index in [1.165, 1.54) is 0 Å². The molecular weight excluding hydrogens is 687 g/mol. The van der Waals surface area contributed by atoms with Crippen molar-refractivity contribution in [2.24, 2.45) is 0 Å². The van der Waals surface area contributed by atoms with E-state index in [4.69, 9.17) is 24.4 Å². The van der Waals surface area contributed by atoms with E-state index in [2.05, 4.69) is 126 Å². The highest BCUT2D eigenvalue weighted by molar-refractivity contribution is 6.25. The molecule has 0 aliphatic rings. The normalized spacial score (nSPS) is 11.9. The molecule has 0 radical (unpaired) electrons. The Balaban J connectivity index is 1.14. The van der Waals surface area contributed by atoms with E-state index < -0.39 is 0 Å². The van der Waals surface area contributed by atoms with Gasteiger partial charge in [-0.3, -0.25) is 9.38 Å². The van der Waals surface area contributed by atoms with Crippen LogP contribution in [0.1, 0.15) is 0 Å². The third-order valence-corrected chi connectivity index (χ3v) is 11.0. The van der Waals surface area contributed by atoms with Crippen LogP contribution < -0.4 is 0 Å². The van der Waals surface area contributed by atoms with Crippen LogP contribution in [0.4, 0.5) is 0 Å². The van der Waals surface area contributed by atoms with Crippen LogP contribution in [0, 0.1) is 0 Å². The van der Waals surface area contributed by atoms with Gasteiger partial charge in [-0.2, -0.15) is 0 Å². The summed E-state index contributed by atoms with van der Waals surface area (Å²) in [5.74, 6) is 0. The molecule has 0 amide bonds. The van der Waals surface area contributed by atoms with Crippen molar-refractivity contribution in [2.75, 3.05) is 0 Å². The van der Waals surface area contributed by atoms with Crippen molar-refractivity contribution in [1.82, 2.24) is 24.3 Å². The van der Waals surface area contributed by atoms with E-state index in [0.717, 1.165) is 116 Å². The summed E-state index contributed by atoms with van der Waals surface area (Å²) in [6.45, 7) is 0. The molecule has 0 bridgehead atoms. The Kier molecular flexibility index (Phi) is 6.53. The molecule has 5 aromatic heterocycles. The number of hydrogen-bond donors (Lipinski definition) is 0. The molecular formula is C50H29N5O. The van der Waals surface area contributed by atoms with Gasteiger partial charge in [0.2, 0.25) is 0 Å². The van der Waals surface area contributed by atoms with E-state index in [-0.39, 0.29) is 0 Å². The number of furan rings is 1. The highest BCUT2D eigenvalue weighted by atomic mass is 16.3. The molecule has 12 aromatic rings. The largest absolute Gasteiger partial charge is 0.455 e. The van der Waals surface area contributed by atoms with Crippen molar-refractivity contribution in [3.63, 3.8) is 0 Å². The van der Waals surface area contributed by atoms with Crippen LogP contribution in [0.3, 0.4) is 0 Å². The van der Waals surface area contributed by atoms with Crippen LogP contribution in [0.25, 0.3) is 116 Å². The predicted molar refractivity (Wildman–Crippen MR) is 228 cm³/mol. The van der Waals surface area contributed by atoms with Gasteiger partial charge < -0.3 is 4.42 Å². The fourth-order valence-corrected chi connectivity index (χ4v) is 8.45. The lowest BCUT2D eigenvalue weighted by molar-refractivity contribution is 0.666. The second-order valence-corrected chi connectivity index (χ2v) is 14.2. The fourth-order valence-electron chi connectivity index (χ4n) is 8.45. The lowest BCUT2D eigenvalue weighted by atomic mass is 9.91. The Morgan fingerprint density at radius 1 is 0.429 bits per heavy atom. The van der Waals surface area contributed by atoms with Crippen LogP contribution in [-0.2, 0) is 0 Å². The Hall–Kier alpha value is -7.70. The van der Waals surface area contributed by atoms with E-state index >= 15 is 0 Å². The number of benzene rings is 7. The number of imidazole rings is 1. The average molecular weight is 716 g/mol. The lowest BCUT2D eigenvalue weighted by Gasteiger charge is -2.16. The van der Waals surface area contributed by atoms with Gasteiger partial charge in [0.1, 0.15) is 16.9 Å². The molecule has 0 fully saturated rings. The third-order valence-electron chi connectivity index (χ3n) is 11.0. The van der Waals surface area contributed by atoms with Crippen LogP contribution in [0.5, 0.6) is 0 Å². The van der Waals surface area contributed by atoms with Gasteiger partial charge in [0.05, 0.1) is 39.7 Å². The van der Waals surface area contributed by atoms with Crippen LogP contribution in [0.15, 0.2) is 181 Å². The van der Waals surface area contributed by atoms with Crippen molar-refractivity contribution in [1.29, 1.82) is 0 Å². The van der Waals surface area contributed by atoms with Gasteiger partial charge in [0.25, 0.3) is 0 Å². The summed E-state index contributed by atoms with van der Waals surface area (Å²) < 4.78 is 8.54. The topological polar surface area (TPSA) is 69.1 Å². The molecule has 0 aliphatic heterocycles. The molecule has 56 heavy (non-hydrogen) atoms. The van der Waals surface area contributed by atoms with Crippen LogP contribution in [0.2, 0.25) is 0 Å². The summed E-state index contributed by atoms with van der Waals surface area (Å²) in [5.41, 5.74) is 13.9. The molecule has 0 spiro atoms.